The summed E-state index contributed by atoms with van der Waals surface area (Å²) in [5, 5.41) is 33.6. The number of aliphatic hydroxyl groups is 2. The fourth-order valence-electron chi connectivity index (χ4n) is 6.24. The minimum atomic E-state index is -0.832. The van der Waals surface area contributed by atoms with Gasteiger partial charge >= 0.3 is 0 Å². The van der Waals surface area contributed by atoms with Gasteiger partial charge in [-0.25, -0.2) is 0 Å². The second-order valence-corrected chi connectivity index (χ2v) is 10.5. The van der Waals surface area contributed by atoms with Gasteiger partial charge in [0.05, 0.1) is 30.2 Å². The van der Waals surface area contributed by atoms with Crippen molar-refractivity contribution in [1.82, 2.24) is 0 Å². The van der Waals surface area contributed by atoms with E-state index < -0.39 is 23.9 Å². The van der Waals surface area contributed by atoms with Crippen molar-refractivity contribution in [1.29, 1.82) is 0 Å². The number of para-hydroxylation sites is 1. The maximum Gasteiger partial charge on any atom is 0.238 e. The summed E-state index contributed by atoms with van der Waals surface area (Å²) in [7, 11) is 0. The zero-order valence-electron chi connectivity index (χ0n) is 21.7. The highest BCUT2D eigenvalue weighted by molar-refractivity contribution is 6.22. The predicted octanol–water partition coefficient (Wildman–Crippen LogP) is 5.22. The summed E-state index contributed by atoms with van der Waals surface area (Å²) in [5.74, 6) is -2.11. The van der Waals surface area contributed by atoms with Crippen LogP contribution in [-0.4, -0.2) is 39.8 Å². The Morgan fingerprint density at radius 1 is 1.00 bits per heavy atom. The van der Waals surface area contributed by atoms with Crippen molar-refractivity contribution in [2.24, 2.45) is 17.8 Å². The molecule has 1 heterocycles. The normalized spacial score (nSPS) is 22.8. The molecule has 0 unspecified atom stereocenters. The molecule has 0 aromatic heterocycles. The lowest BCUT2D eigenvalue weighted by atomic mass is 9.68. The van der Waals surface area contributed by atoms with Gasteiger partial charge in [0.25, 0.3) is 0 Å². The Labute approximate surface area is 222 Å². The van der Waals surface area contributed by atoms with Crippen molar-refractivity contribution in [3.63, 3.8) is 0 Å². The lowest BCUT2D eigenvalue weighted by Gasteiger charge is -2.35. The first-order valence-electron chi connectivity index (χ1n) is 13.1. The molecule has 0 radical (unpaired) electrons. The average Bonchev–Trinajstić information content (AvgIpc) is 3.17. The number of anilines is 1. The molecular formula is C32H33NO5. The Hall–Kier alpha value is -3.74. The maximum absolute atomic E-state index is 13.5. The van der Waals surface area contributed by atoms with Crippen LogP contribution in [0.3, 0.4) is 0 Å². The van der Waals surface area contributed by atoms with Crippen LogP contribution >= 0.6 is 0 Å². The fourth-order valence-corrected chi connectivity index (χ4v) is 6.24. The Bertz CT molecular complexity index is 1440. The Morgan fingerprint density at radius 2 is 1.68 bits per heavy atom. The molecule has 6 nitrogen and oxygen atoms in total. The van der Waals surface area contributed by atoms with Crippen LogP contribution in [0.1, 0.15) is 38.7 Å². The van der Waals surface area contributed by atoms with Crippen LogP contribution in [0.2, 0.25) is 0 Å². The van der Waals surface area contributed by atoms with E-state index in [1.165, 1.54) is 4.90 Å². The highest BCUT2D eigenvalue weighted by Gasteiger charge is 2.54. The molecule has 1 fully saturated rings. The molecule has 2 aliphatic rings. The summed E-state index contributed by atoms with van der Waals surface area (Å²) in [6, 6.07) is 20.1. The van der Waals surface area contributed by atoms with Crippen molar-refractivity contribution in [3.8, 4) is 5.75 Å². The topological polar surface area (TPSA) is 98.1 Å². The zero-order valence-corrected chi connectivity index (χ0v) is 21.7. The zero-order chi connectivity index (χ0) is 27.0. The third-order valence-corrected chi connectivity index (χ3v) is 8.05. The third-order valence-electron chi connectivity index (χ3n) is 8.05. The van der Waals surface area contributed by atoms with Gasteiger partial charge in [-0.2, -0.15) is 0 Å². The number of amides is 2. The SMILES string of the molecule is CC1=C([C@H](O)CC/C(C)=C/c2ccc(O)c3ccccc23)[C@H](CO)[C@@H]2C(=O)N(c3ccccc3)C(=O)[C@@H]2C1. The summed E-state index contributed by atoms with van der Waals surface area (Å²) in [6.07, 6.45) is 2.68. The first-order valence-corrected chi connectivity index (χ1v) is 13.1. The molecule has 3 aromatic rings. The van der Waals surface area contributed by atoms with E-state index in [9.17, 15) is 24.9 Å². The molecule has 4 atom stereocenters. The summed E-state index contributed by atoms with van der Waals surface area (Å²) in [4.78, 5) is 28.0. The second-order valence-electron chi connectivity index (χ2n) is 10.5. The summed E-state index contributed by atoms with van der Waals surface area (Å²) >= 11 is 0. The lowest BCUT2D eigenvalue weighted by molar-refractivity contribution is -0.123. The Morgan fingerprint density at radius 3 is 2.39 bits per heavy atom. The quantitative estimate of drug-likeness (QED) is 0.298. The number of carbonyl (C=O) groups is 2. The van der Waals surface area contributed by atoms with Gasteiger partial charge in [0.15, 0.2) is 0 Å². The molecule has 0 saturated carbocycles. The van der Waals surface area contributed by atoms with Crippen LogP contribution in [-0.2, 0) is 9.59 Å². The molecule has 196 valence electrons. The monoisotopic (exact) mass is 511 g/mol. The van der Waals surface area contributed by atoms with Gasteiger partial charge in [0, 0.05) is 11.3 Å². The van der Waals surface area contributed by atoms with Gasteiger partial charge in [-0.1, -0.05) is 65.8 Å². The first-order chi connectivity index (χ1) is 18.3. The van der Waals surface area contributed by atoms with E-state index >= 15 is 0 Å². The molecule has 1 saturated heterocycles. The van der Waals surface area contributed by atoms with Crippen LogP contribution in [0.5, 0.6) is 5.75 Å². The van der Waals surface area contributed by atoms with Crippen molar-refractivity contribution in [3.05, 3.63) is 89.0 Å². The molecule has 6 heteroatoms. The van der Waals surface area contributed by atoms with Gasteiger partial charge in [0.1, 0.15) is 5.75 Å². The number of phenols is 1. The molecule has 1 aliphatic carbocycles. The van der Waals surface area contributed by atoms with Crippen molar-refractivity contribution in [2.45, 2.75) is 39.2 Å². The van der Waals surface area contributed by atoms with Gasteiger partial charge in [-0.15, -0.1) is 0 Å². The van der Waals surface area contributed by atoms with Crippen molar-refractivity contribution < 1.29 is 24.9 Å². The number of benzene rings is 3. The van der Waals surface area contributed by atoms with E-state index in [2.05, 4.69) is 6.08 Å². The number of aromatic hydroxyl groups is 1. The summed E-state index contributed by atoms with van der Waals surface area (Å²) in [6.45, 7) is 3.60. The van der Waals surface area contributed by atoms with E-state index in [1.54, 1.807) is 30.3 Å². The fraction of sp³-hybridized carbons (Fsp3) is 0.312. The highest BCUT2D eigenvalue weighted by atomic mass is 16.3. The maximum atomic E-state index is 13.5. The minimum absolute atomic E-state index is 0.238. The van der Waals surface area contributed by atoms with Crippen molar-refractivity contribution >= 4 is 34.4 Å². The number of carbonyl (C=O) groups excluding carboxylic acids is 2. The number of imide groups is 1. The number of aliphatic hydroxyl groups excluding tert-OH is 2. The van der Waals surface area contributed by atoms with Crippen LogP contribution < -0.4 is 4.90 Å². The molecule has 38 heavy (non-hydrogen) atoms. The van der Waals surface area contributed by atoms with Gasteiger partial charge < -0.3 is 15.3 Å². The number of fused-ring (bicyclic) bond motifs is 2. The van der Waals surface area contributed by atoms with Crippen molar-refractivity contribution in [2.75, 3.05) is 11.5 Å². The van der Waals surface area contributed by atoms with Gasteiger partial charge in [0.2, 0.25) is 11.8 Å². The molecular weight excluding hydrogens is 478 g/mol. The summed E-state index contributed by atoms with van der Waals surface area (Å²) in [5.41, 5.74) is 4.16. The predicted molar refractivity (Wildman–Crippen MR) is 148 cm³/mol. The van der Waals surface area contributed by atoms with Gasteiger partial charge in [-0.05, 0) is 67.8 Å². The van der Waals surface area contributed by atoms with E-state index in [0.29, 0.717) is 30.5 Å². The number of allylic oxidation sites excluding steroid dienone is 2. The van der Waals surface area contributed by atoms with E-state index in [4.69, 9.17) is 0 Å². The largest absolute Gasteiger partial charge is 0.507 e. The number of nitrogens with zero attached hydrogens (tertiary/aromatic N) is 1. The molecule has 2 amide bonds. The molecule has 0 bridgehead atoms. The molecule has 5 rings (SSSR count). The highest BCUT2D eigenvalue weighted by Crippen LogP contribution is 2.47. The second kappa shape index (κ2) is 10.6. The minimum Gasteiger partial charge on any atom is -0.507 e. The average molecular weight is 512 g/mol. The Balaban J connectivity index is 1.35. The van der Waals surface area contributed by atoms with E-state index in [0.717, 1.165) is 27.5 Å². The van der Waals surface area contributed by atoms with Crippen LogP contribution in [0, 0.1) is 17.8 Å². The smallest absolute Gasteiger partial charge is 0.238 e. The van der Waals surface area contributed by atoms with Crippen LogP contribution in [0.25, 0.3) is 16.8 Å². The van der Waals surface area contributed by atoms with Crippen LogP contribution in [0.4, 0.5) is 5.69 Å². The standard InChI is InChI=1S/C32H33NO5/c1-19(16-21-13-15-27(35)24-11-7-6-10-23(21)24)12-14-28(36)29-20(2)17-25-30(26(29)18-34)32(38)33(31(25)37)22-8-4-3-5-9-22/h3-11,13,15-16,25-26,28,30,34-36H,12,14,17-18H2,1-2H3/b19-16+/t25-,26+,28-,30-/m1/s1. The van der Waals surface area contributed by atoms with E-state index in [-0.39, 0.29) is 24.2 Å². The van der Waals surface area contributed by atoms with Gasteiger partial charge in [-0.3, -0.25) is 14.5 Å². The lowest BCUT2D eigenvalue weighted by Crippen LogP contribution is -2.38. The first kappa shape index (κ1) is 25.9. The number of phenolic OH excluding ortho intramolecular Hbond substituents is 1. The molecule has 3 aromatic carbocycles. The molecule has 1 aliphatic heterocycles. The number of hydrogen-bond acceptors (Lipinski definition) is 5. The number of rotatable bonds is 7. The summed E-state index contributed by atoms with van der Waals surface area (Å²) < 4.78 is 0. The third kappa shape index (κ3) is 4.55. The molecule has 3 N–H and O–H groups in total. The number of hydrogen-bond donors (Lipinski definition) is 3. The van der Waals surface area contributed by atoms with E-state index in [1.807, 2.05) is 50.2 Å². The van der Waals surface area contributed by atoms with Crippen LogP contribution in [0.15, 0.2) is 83.4 Å². The molecule has 0 spiro atoms. The Kier molecular flexibility index (Phi) is 7.19.